The van der Waals surface area contributed by atoms with Crippen LogP contribution in [0, 0.1) is 11.3 Å². The van der Waals surface area contributed by atoms with E-state index < -0.39 is 0 Å². The van der Waals surface area contributed by atoms with Crippen LogP contribution in [0.3, 0.4) is 0 Å². The van der Waals surface area contributed by atoms with E-state index in [4.69, 9.17) is 4.74 Å². The molecule has 1 saturated carbocycles. The Balaban J connectivity index is 2.39. The molecule has 0 aromatic heterocycles. The molecule has 1 atom stereocenters. The van der Waals surface area contributed by atoms with Crippen molar-refractivity contribution in [2.24, 2.45) is 11.3 Å². The first-order valence-corrected chi connectivity index (χ1v) is 7.03. The van der Waals surface area contributed by atoms with Gasteiger partial charge in [0.15, 0.2) is 0 Å². The number of rotatable bonds is 7. The highest BCUT2D eigenvalue weighted by Crippen LogP contribution is 2.32. The van der Waals surface area contributed by atoms with E-state index >= 15 is 0 Å². The Hall–Kier alpha value is -0.0800. The molecule has 0 heterocycles. The van der Waals surface area contributed by atoms with E-state index in [9.17, 15) is 0 Å². The highest BCUT2D eigenvalue weighted by molar-refractivity contribution is 4.85. The van der Waals surface area contributed by atoms with Crippen molar-refractivity contribution in [1.82, 2.24) is 5.32 Å². The summed E-state index contributed by atoms with van der Waals surface area (Å²) in [5.41, 5.74) is 0.398. The van der Waals surface area contributed by atoms with Crippen LogP contribution in [0.5, 0.6) is 0 Å². The van der Waals surface area contributed by atoms with E-state index in [1.807, 2.05) is 7.11 Å². The van der Waals surface area contributed by atoms with Crippen molar-refractivity contribution in [1.29, 1.82) is 0 Å². The molecular weight excluding hydrogens is 210 g/mol. The Kier molecular flexibility index (Phi) is 5.03. The van der Waals surface area contributed by atoms with Gasteiger partial charge in [-0.05, 0) is 57.4 Å². The normalized spacial score (nSPS) is 19.4. The van der Waals surface area contributed by atoms with Crippen LogP contribution in [0.2, 0.25) is 0 Å². The lowest BCUT2D eigenvalue weighted by molar-refractivity contribution is 0.00576. The molecule has 0 spiro atoms. The molecule has 0 amide bonds. The first-order chi connectivity index (χ1) is 7.74. The van der Waals surface area contributed by atoms with Gasteiger partial charge in [0.1, 0.15) is 0 Å². The van der Waals surface area contributed by atoms with Crippen LogP contribution in [-0.2, 0) is 4.74 Å². The minimum Gasteiger partial charge on any atom is -0.379 e. The van der Waals surface area contributed by atoms with E-state index in [-0.39, 0.29) is 5.60 Å². The van der Waals surface area contributed by atoms with Gasteiger partial charge in [-0.3, -0.25) is 0 Å². The third-order valence-corrected chi connectivity index (χ3v) is 4.10. The maximum Gasteiger partial charge on any atom is 0.0622 e. The second-order valence-electron chi connectivity index (χ2n) is 7.25. The van der Waals surface area contributed by atoms with Crippen LogP contribution in [0.25, 0.3) is 0 Å². The molecule has 17 heavy (non-hydrogen) atoms. The lowest BCUT2D eigenvalue weighted by Gasteiger charge is -2.34. The Bertz CT molecular complexity index is 226. The fourth-order valence-corrected chi connectivity index (χ4v) is 2.06. The van der Waals surface area contributed by atoms with Crippen molar-refractivity contribution in [2.75, 3.05) is 13.7 Å². The Morgan fingerprint density at radius 2 is 1.76 bits per heavy atom. The summed E-state index contributed by atoms with van der Waals surface area (Å²) in [5, 5.41) is 3.68. The summed E-state index contributed by atoms with van der Waals surface area (Å²) in [6, 6.07) is 0.815. The molecule has 2 nitrogen and oxygen atoms in total. The van der Waals surface area contributed by atoms with Crippen LogP contribution in [0.4, 0.5) is 0 Å². The molecule has 1 N–H and O–H groups in total. The van der Waals surface area contributed by atoms with Crippen molar-refractivity contribution in [3.05, 3.63) is 0 Å². The van der Waals surface area contributed by atoms with Gasteiger partial charge in [-0.15, -0.1) is 0 Å². The van der Waals surface area contributed by atoms with Crippen LogP contribution in [0.1, 0.15) is 60.3 Å². The molecule has 0 saturated heterocycles. The van der Waals surface area contributed by atoms with E-state index in [1.54, 1.807) is 0 Å². The standard InChI is InChI=1S/C15H31NO/c1-14(2,3)12(11-16-13-7-8-13)9-10-15(4,5)17-6/h12-13,16H,7-11H2,1-6H3. The van der Waals surface area contributed by atoms with E-state index in [1.165, 1.54) is 19.3 Å². The highest BCUT2D eigenvalue weighted by atomic mass is 16.5. The molecule has 0 radical (unpaired) electrons. The van der Waals surface area contributed by atoms with Gasteiger partial charge >= 0.3 is 0 Å². The van der Waals surface area contributed by atoms with Crippen LogP contribution < -0.4 is 5.32 Å². The zero-order valence-electron chi connectivity index (χ0n) is 12.6. The van der Waals surface area contributed by atoms with Gasteiger partial charge in [0.2, 0.25) is 0 Å². The van der Waals surface area contributed by atoms with Gasteiger partial charge in [-0.25, -0.2) is 0 Å². The number of hydrogen-bond donors (Lipinski definition) is 1. The zero-order valence-corrected chi connectivity index (χ0v) is 12.6. The van der Waals surface area contributed by atoms with E-state index in [2.05, 4.69) is 39.9 Å². The largest absolute Gasteiger partial charge is 0.379 e. The maximum absolute atomic E-state index is 5.52. The summed E-state index contributed by atoms with van der Waals surface area (Å²) < 4.78 is 5.52. The van der Waals surface area contributed by atoms with Crippen molar-refractivity contribution >= 4 is 0 Å². The molecular formula is C15H31NO. The summed E-state index contributed by atoms with van der Waals surface area (Å²) >= 11 is 0. The molecule has 1 fully saturated rings. The molecule has 0 bridgehead atoms. The number of hydrogen-bond acceptors (Lipinski definition) is 2. The average Bonchev–Trinajstić information content (AvgIpc) is 2.99. The first kappa shape index (κ1) is 15.0. The van der Waals surface area contributed by atoms with Crippen molar-refractivity contribution < 1.29 is 4.74 Å². The van der Waals surface area contributed by atoms with Crippen molar-refractivity contribution in [3.63, 3.8) is 0 Å². The summed E-state index contributed by atoms with van der Waals surface area (Å²) in [5.74, 6) is 0.734. The fourth-order valence-electron chi connectivity index (χ4n) is 2.06. The van der Waals surface area contributed by atoms with Gasteiger partial charge < -0.3 is 10.1 Å². The molecule has 0 aliphatic heterocycles. The molecule has 2 heteroatoms. The topological polar surface area (TPSA) is 21.3 Å². The van der Waals surface area contributed by atoms with E-state index in [0.29, 0.717) is 5.41 Å². The zero-order chi connectivity index (χ0) is 13.1. The van der Waals surface area contributed by atoms with E-state index in [0.717, 1.165) is 24.9 Å². The monoisotopic (exact) mass is 241 g/mol. The molecule has 1 aliphatic carbocycles. The third kappa shape index (κ3) is 5.87. The van der Waals surface area contributed by atoms with Gasteiger partial charge in [0.25, 0.3) is 0 Å². The smallest absolute Gasteiger partial charge is 0.0622 e. The maximum atomic E-state index is 5.52. The SMILES string of the molecule is COC(C)(C)CCC(CNC1CC1)C(C)(C)C. The average molecular weight is 241 g/mol. The number of ether oxygens (including phenoxy) is 1. The summed E-state index contributed by atoms with van der Waals surface area (Å²) in [6.07, 6.45) is 5.13. The molecule has 0 aromatic carbocycles. The highest BCUT2D eigenvalue weighted by Gasteiger charge is 2.29. The van der Waals surface area contributed by atoms with Crippen molar-refractivity contribution in [2.45, 2.75) is 71.9 Å². The lowest BCUT2D eigenvalue weighted by atomic mass is 9.76. The Morgan fingerprint density at radius 1 is 1.18 bits per heavy atom. The van der Waals surface area contributed by atoms with Gasteiger partial charge in [-0.2, -0.15) is 0 Å². The predicted molar refractivity (Wildman–Crippen MR) is 74.3 cm³/mol. The quantitative estimate of drug-likeness (QED) is 0.735. The van der Waals surface area contributed by atoms with Crippen molar-refractivity contribution in [3.8, 4) is 0 Å². The fraction of sp³-hybridized carbons (Fsp3) is 1.00. The Labute approximate surface area is 108 Å². The number of methoxy groups -OCH3 is 1. The van der Waals surface area contributed by atoms with Crippen LogP contribution in [0.15, 0.2) is 0 Å². The summed E-state index contributed by atoms with van der Waals surface area (Å²) in [7, 11) is 1.81. The third-order valence-electron chi connectivity index (χ3n) is 4.10. The minimum absolute atomic E-state index is 0.0169. The summed E-state index contributed by atoms with van der Waals surface area (Å²) in [6.45, 7) is 12.6. The molecule has 0 aromatic rings. The Morgan fingerprint density at radius 3 is 2.18 bits per heavy atom. The second-order valence-corrected chi connectivity index (χ2v) is 7.25. The van der Waals surface area contributed by atoms with Gasteiger partial charge in [0.05, 0.1) is 5.60 Å². The molecule has 102 valence electrons. The number of nitrogens with one attached hydrogen (secondary N) is 1. The predicted octanol–water partition coefficient (Wildman–Crippen LogP) is 3.61. The molecule has 1 unspecified atom stereocenters. The first-order valence-electron chi connectivity index (χ1n) is 7.03. The lowest BCUT2D eigenvalue weighted by Crippen LogP contribution is -2.35. The minimum atomic E-state index is 0.0169. The molecule has 1 aliphatic rings. The second kappa shape index (κ2) is 5.71. The summed E-state index contributed by atoms with van der Waals surface area (Å²) in [4.78, 5) is 0. The van der Waals surface area contributed by atoms with Gasteiger partial charge in [-0.1, -0.05) is 20.8 Å². The van der Waals surface area contributed by atoms with Crippen LogP contribution in [-0.4, -0.2) is 25.3 Å². The van der Waals surface area contributed by atoms with Gasteiger partial charge in [0, 0.05) is 13.2 Å². The van der Waals surface area contributed by atoms with Crippen LogP contribution >= 0.6 is 0 Å². The molecule has 1 rings (SSSR count).